The summed E-state index contributed by atoms with van der Waals surface area (Å²) < 4.78 is 6.88. The molecule has 0 radical (unpaired) electrons. The number of nitrogens with one attached hydrogen (secondary N) is 1. The number of fused-ring (bicyclic) bond motifs is 1. The van der Waals surface area contributed by atoms with Crippen LogP contribution in [0.3, 0.4) is 0 Å². The van der Waals surface area contributed by atoms with E-state index in [0.29, 0.717) is 12.1 Å². The van der Waals surface area contributed by atoms with E-state index >= 15 is 0 Å². The Morgan fingerprint density at radius 2 is 2.05 bits per heavy atom. The molecular weight excluding hydrogens is 300 g/mol. The summed E-state index contributed by atoms with van der Waals surface area (Å²) in [7, 11) is 1.60. The van der Waals surface area contributed by atoms with E-state index in [9.17, 15) is 4.79 Å². The first-order valence-corrected chi connectivity index (χ1v) is 7.64. The fraction of sp³-hybridized carbons (Fsp3) is 0.267. The second kappa shape index (κ2) is 5.76. The van der Waals surface area contributed by atoms with Gasteiger partial charge in [-0.05, 0) is 38.1 Å². The fourth-order valence-electron chi connectivity index (χ4n) is 2.20. The standard InChI is InChI=1S/C15H16N4O2S/c1-9-13(19-15(17-9)22-10(2)18-19)8-16-14(20)11-4-6-12(21-3)7-5-11/h4-7H,8H2,1-3H3,(H,16,20). The summed E-state index contributed by atoms with van der Waals surface area (Å²) >= 11 is 1.54. The number of nitrogens with zero attached hydrogens (tertiary/aromatic N) is 3. The van der Waals surface area contributed by atoms with Gasteiger partial charge in [-0.2, -0.15) is 5.10 Å². The molecule has 2 heterocycles. The van der Waals surface area contributed by atoms with E-state index in [1.807, 2.05) is 13.8 Å². The quantitative estimate of drug-likeness (QED) is 0.802. The summed E-state index contributed by atoms with van der Waals surface area (Å²) in [5, 5.41) is 8.27. The summed E-state index contributed by atoms with van der Waals surface area (Å²) in [5.74, 6) is 0.590. The Bertz CT molecular complexity index is 820. The molecule has 0 fully saturated rings. The Morgan fingerprint density at radius 1 is 1.32 bits per heavy atom. The predicted molar refractivity (Wildman–Crippen MR) is 84.5 cm³/mol. The molecular formula is C15H16N4O2S. The number of carbonyl (C=O) groups excluding carboxylic acids is 1. The van der Waals surface area contributed by atoms with Crippen molar-refractivity contribution in [2.75, 3.05) is 7.11 Å². The van der Waals surface area contributed by atoms with Crippen LogP contribution in [0.4, 0.5) is 0 Å². The normalized spacial score (nSPS) is 10.9. The molecule has 6 nitrogen and oxygen atoms in total. The average Bonchev–Trinajstić information content (AvgIpc) is 3.00. The minimum Gasteiger partial charge on any atom is -0.497 e. The Labute approximate surface area is 131 Å². The molecule has 0 unspecified atom stereocenters. The Hall–Kier alpha value is -2.41. The fourth-order valence-corrected chi connectivity index (χ4v) is 3.00. The number of hydrogen-bond donors (Lipinski definition) is 1. The van der Waals surface area contributed by atoms with Gasteiger partial charge in [-0.15, -0.1) is 0 Å². The lowest BCUT2D eigenvalue weighted by Crippen LogP contribution is -2.24. The zero-order valence-corrected chi connectivity index (χ0v) is 13.4. The average molecular weight is 316 g/mol. The summed E-state index contributed by atoms with van der Waals surface area (Å²) in [6, 6.07) is 7.00. The van der Waals surface area contributed by atoms with Crippen molar-refractivity contribution < 1.29 is 9.53 Å². The summed E-state index contributed by atoms with van der Waals surface area (Å²) in [5.41, 5.74) is 2.38. The molecule has 0 saturated heterocycles. The van der Waals surface area contributed by atoms with Crippen LogP contribution in [0.25, 0.3) is 4.96 Å². The highest BCUT2D eigenvalue weighted by atomic mass is 32.1. The second-order valence-electron chi connectivity index (χ2n) is 4.87. The van der Waals surface area contributed by atoms with Gasteiger partial charge in [-0.25, -0.2) is 9.50 Å². The summed E-state index contributed by atoms with van der Waals surface area (Å²) in [4.78, 5) is 17.5. The number of amides is 1. The third-order valence-electron chi connectivity index (χ3n) is 3.37. The van der Waals surface area contributed by atoms with Gasteiger partial charge < -0.3 is 10.1 Å². The molecule has 2 aromatic heterocycles. The number of benzene rings is 1. The molecule has 22 heavy (non-hydrogen) atoms. The lowest BCUT2D eigenvalue weighted by molar-refractivity contribution is 0.0950. The van der Waals surface area contributed by atoms with Crippen molar-refractivity contribution in [3.8, 4) is 5.75 Å². The molecule has 0 bridgehead atoms. The third-order valence-corrected chi connectivity index (χ3v) is 4.19. The number of aromatic nitrogens is 3. The number of ether oxygens (including phenoxy) is 1. The minimum absolute atomic E-state index is 0.135. The van der Waals surface area contributed by atoms with Gasteiger partial charge in [0.05, 0.1) is 25.0 Å². The highest BCUT2D eigenvalue weighted by molar-refractivity contribution is 7.16. The van der Waals surface area contributed by atoms with Crippen LogP contribution in [-0.2, 0) is 6.54 Å². The van der Waals surface area contributed by atoms with Crippen LogP contribution in [0.2, 0.25) is 0 Å². The van der Waals surface area contributed by atoms with Gasteiger partial charge in [0.25, 0.3) is 5.91 Å². The van der Waals surface area contributed by atoms with E-state index in [4.69, 9.17) is 4.74 Å². The topological polar surface area (TPSA) is 68.5 Å². The van der Waals surface area contributed by atoms with Gasteiger partial charge in [0.2, 0.25) is 4.96 Å². The number of hydrogen-bond acceptors (Lipinski definition) is 5. The van der Waals surface area contributed by atoms with Crippen molar-refractivity contribution >= 4 is 22.2 Å². The molecule has 0 spiro atoms. The first kappa shape index (κ1) is 14.5. The molecule has 1 amide bonds. The number of imidazole rings is 1. The van der Waals surface area contributed by atoms with E-state index in [2.05, 4.69) is 15.4 Å². The van der Waals surface area contributed by atoms with Gasteiger partial charge in [-0.3, -0.25) is 4.79 Å². The van der Waals surface area contributed by atoms with Crippen molar-refractivity contribution in [2.24, 2.45) is 0 Å². The van der Waals surface area contributed by atoms with Crippen LogP contribution < -0.4 is 10.1 Å². The van der Waals surface area contributed by atoms with Crippen molar-refractivity contribution in [1.82, 2.24) is 19.9 Å². The SMILES string of the molecule is COc1ccc(C(=O)NCc2c(C)nc3sc(C)nn23)cc1. The first-order chi connectivity index (χ1) is 10.6. The lowest BCUT2D eigenvalue weighted by atomic mass is 10.2. The zero-order chi connectivity index (χ0) is 15.7. The molecule has 0 aliphatic carbocycles. The van der Waals surface area contributed by atoms with Crippen molar-refractivity contribution in [1.29, 1.82) is 0 Å². The highest BCUT2D eigenvalue weighted by Crippen LogP contribution is 2.18. The maximum Gasteiger partial charge on any atom is 0.251 e. The van der Waals surface area contributed by atoms with Crippen molar-refractivity contribution in [3.05, 3.63) is 46.2 Å². The van der Waals surface area contributed by atoms with Gasteiger partial charge in [0.15, 0.2) is 0 Å². The van der Waals surface area contributed by atoms with Gasteiger partial charge in [0.1, 0.15) is 10.8 Å². The largest absolute Gasteiger partial charge is 0.497 e. The van der Waals surface area contributed by atoms with E-state index in [1.165, 1.54) is 11.3 Å². The highest BCUT2D eigenvalue weighted by Gasteiger charge is 2.14. The molecule has 3 aromatic rings. The molecule has 0 aliphatic heterocycles. The van der Waals surface area contributed by atoms with Crippen molar-refractivity contribution in [3.63, 3.8) is 0 Å². The van der Waals surface area contributed by atoms with Crippen LogP contribution in [0, 0.1) is 13.8 Å². The molecule has 3 rings (SSSR count). The monoisotopic (exact) mass is 316 g/mol. The summed E-state index contributed by atoms with van der Waals surface area (Å²) in [6.07, 6.45) is 0. The van der Waals surface area contributed by atoms with E-state index in [1.54, 1.807) is 35.9 Å². The Morgan fingerprint density at radius 3 is 2.73 bits per heavy atom. The number of aryl methyl sites for hydroxylation is 2. The molecule has 1 aromatic carbocycles. The van der Waals surface area contributed by atoms with Gasteiger partial charge in [-0.1, -0.05) is 11.3 Å². The van der Waals surface area contributed by atoms with E-state index in [-0.39, 0.29) is 5.91 Å². The van der Waals surface area contributed by atoms with Crippen LogP contribution in [-0.4, -0.2) is 27.6 Å². The second-order valence-corrected chi connectivity index (χ2v) is 6.03. The molecule has 1 N–H and O–H groups in total. The zero-order valence-electron chi connectivity index (χ0n) is 12.6. The van der Waals surface area contributed by atoms with Crippen molar-refractivity contribution in [2.45, 2.75) is 20.4 Å². The molecule has 7 heteroatoms. The Kier molecular flexibility index (Phi) is 3.81. The smallest absolute Gasteiger partial charge is 0.251 e. The maximum absolute atomic E-state index is 12.2. The van der Waals surface area contributed by atoms with Crippen LogP contribution in [0.5, 0.6) is 5.75 Å². The maximum atomic E-state index is 12.2. The molecule has 0 aliphatic rings. The minimum atomic E-state index is -0.135. The number of carbonyl (C=O) groups is 1. The number of rotatable bonds is 4. The summed E-state index contributed by atoms with van der Waals surface area (Å²) in [6.45, 7) is 4.25. The predicted octanol–water partition coefficient (Wildman–Crippen LogP) is 2.35. The first-order valence-electron chi connectivity index (χ1n) is 6.82. The third kappa shape index (κ3) is 2.67. The number of methoxy groups -OCH3 is 1. The lowest BCUT2D eigenvalue weighted by Gasteiger charge is -2.06. The molecule has 0 atom stereocenters. The van der Waals surface area contributed by atoms with Gasteiger partial charge >= 0.3 is 0 Å². The van der Waals surface area contributed by atoms with Crippen LogP contribution in [0.1, 0.15) is 26.8 Å². The Balaban J connectivity index is 1.75. The molecule has 114 valence electrons. The van der Waals surface area contributed by atoms with E-state index in [0.717, 1.165) is 27.1 Å². The van der Waals surface area contributed by atoms with Crippen LogP contribution >= 0.6 is 11.3 Å². The van der Waals surface area contributed by atoms with E-state index < -0.39 is 0 Å². The molecule has 0 saturated carbocycles. The van der Waals surface area contributed by atoms with Gasteiger partial charge in [0, 0.05) is 5.56 Å². The van der Waals surface area contributed by atoms with Crippen LogP contribution in [0.15, 0.2) is 24.3 Å².